The number of hydrogen-bond donors (Lipinski definition) is 1. The van der Waals surface area contributed by atoms with Crippen LogP contribution in [0.4, 0.5) is 14.6 Å². The van der Waals surface area contributed by atoms with E-state index in [1.807, 2.05) is 17.9 Å². The van der Waals surface area contributed by atoms with E-state index >= 15 is 4.39 Å². The summed E-state index contributed by atoms with van der Waals surface area (Å²) in [5.74, 6) is -2.02. The van der Waals surface area contributed by atoms with Gasteiger partial charge in [0.2, 0.25) is 0 Å². The van der Waals surface area contributed by atoms with Gasteiger partial charge in [-0.15, -0.1) is 0 Å². The van der Waals surface area contributed by atoms with Crippen LogP contribution < -0.4 is 44.3 Å². The molecule has 218 valence electrons. The number of likely N-dealkylation sites (tertiary alicyclic amines) is 1. The number of aromatic nitrogens is 1. The Hall–Kier alpha value is -2.56. The van der Waals surface area contributed by atoms with Gasteiger partial charge in [-0.3, -0.25) is 0 Å². The second-order valence-electron chi connectivity index (χ2n) is 11.0. The van der Waals surface area contributed by atoms with E-state index in [0.29, 0.717) is 49.9 Å². The van der Waals surface area contributed by atoms with Crippen molar-refractivity contribution < 1.29 is 58.1 Å². The minimum absolute atomic E-state index is 0. The Balaban J connectivity index is 0.00000405. The SMILES string of the molecule is Cc1cc(C2CCN(CCO)CC2)ccc1COc1c(F)cc(F)cc1-c1cccc(N2CCC(C(=O)[O-])CC2)n1.[Na+]. The van der Waals surface area contributed by atoms with Crippen LogP contribution in [-0.4, -0.2) is 60.3 Å². The molecule has 0 atom stereocenters. The van der Waals surface area contributed by atoms with Crippen molar-refractivity contribution in [2.24, 2.45) is 5.92 Å². The number of anilines is 1. The molecule has 2 fully saturated rings. The van der Waals surface area contributed by atoms with Gasteiger partial charge in [-0.1, -0.05) is 24.3 Å². The number of ether oxygens (including phenoxy) is 1. The van der Waals surface area contributed by atoms with Crippen LogP contribution in [0.2, 0.25) is 0 Å². The standard InChI is InChI=1S/C32H37F2N3O4.Na/c1-21-17-24(22-7-11-36(12-8-22)15-16-38)5-6-25(21)20-41-31-27(18-26(33)19-28(31)34)29-3-2-4-30(35-29)37-13-9-23(10-14-37)32(39)40;/h2-6,17-19,22-23,38H,7-16,20H2,1H3,(H,39,40);/q;+1/p-1. The molecule has 0 unspecified atom stereocenters. The number of aliphatic carboxylic acids is 1. The van der Waals surface area contributed by atoms with Crippen molar-refractivity contribution in [2.45, 2.75) is 45.1 Å². The monoisotopic (exact) mass is 587 g/mol. The first kappa shape index (κ1) is 32.4. The first-order valence-electron chi connectivity index (χ1n) is 14.3. The summed E-state index contributed by atoms with van der Waals surface area (Å²) in [4.78, 5) is 20.1. The number of aliphatic hydroxyl groups is 1. The number of halogens is 2. The summed E-state index contributed by atoms with van der Waals surface area (Å²) in [6.07, 6.45) is 3.00. The van der Waals surface area contributed by atoms with Crippen LogP contribution in [0, 0.1) is 24.5 Å². The quantitative estimate of drug-likeness (QED) is 0.375. The topological polar surface area (TPSA) is 89.0 Å². The maximum absolute atomic E-state index is 15.1. The van der Waals surface area contributed by atoms with Gasteiger partial charge in [0.1, 0.15) is 18.2 Å². The maximum Gasteiger partial charge on any atom is 1.00 e. The first-order chi connectivity index (χ1) is 19.8. The number of aliphatic hydroxyl groups excluding tert-OH is 1. The second-order valence-corrected chi connectivity index (χ2v) is 11.0. The molecule has 0 spiro atoms. The number of aryl methyl sites for hydroxylation is 1. The van der Waals surface area contributed by atoms with Gasteiger partial charge >= 0.3 is 29.6 Å². The van der Waals surface area contributed by atoms with E-state index in [2.05, 4.69) is 22.0 Å². The van der Waals surface area contributed by atoms with Crippen LogP contribution in [0.15, 0.2) is 48.5 Å². The van der Waals surface area contributed by atoms with E-state index < -0.39 is 23.5 Å². The molecule has 1 aromatic heterocycles. The number of hydrogen-bond acceptors (Lipinski definition) is 7. The summed E-state index contributed by atoms with van der Waals surface area (Å²) in [6, 6.07) is 13.6. The van der Waals surface area contributed by atoms with Gasteiger partial charge in [0.05, 0.1) is 12.3 Å². The summed E-state index contributed by atoms with van der Waals surface area (Å²) >= 11 is 0. The van der Waals surface area contributed by atoms with Crippen LogP contribution in [0.1, 0.15) is 48.3 Å². The van der Waals surface area contributed by atoms with Crippen molar-refractivity contribution in [3.63, 3.8) is 0 Å². The normalized spacial score (nSPS) is 16.7. The van der Waals surface area contributed by atoms with Gasteiger partial charge in [0.25, 0.3) is 0 Å². The first-order valence-corrected chi connectivity index (χ1v) is 14.3. The molecule has 7 nitrogen and oxygen atoms in total. The van der Waals surface area contributed by atoms with E-state index in [1.165, 1.54) is 11.6 Å². The molecule has 3 heterocycles. The zero-order valence-corrected chi connectivity index (χ0v) is 26.3. The van der Waals surface area contributed by atoms with E-state index in [4.69, 9.17) is 4.74 Å². The van der Waals surface area contributed by atoms with Crippen LogP contribution in [0.3, 0.4) is 0 Å². The average Bonchev–Trinajstić information content (AvgIpc) is 2.97. The van der Waals surface area contributed by atoms with Crippen molar-refractivity contribution in [1.29, 1.82) is 0 Å². The zero-order valence-electron chi connectivity index (χ0n) is 24.3. The molecule has 0 radical (unpaired) electrons. The molecule has 42 heavy (non-hydrogen) atoms. The molecule has 2 aromatic carbocycles. The van der Waals surface area contributed by atoms with Crippen molar-refractivity contribution in [1.82, 2.24) is 9.88 Å². The Morgan fingerprint density at radius 2 is 1.79 bits per heavy atom. The molecular weight excluding hydrogens is 551 g/mol. The third-order valence-electron chi connectivity index (χ3n) is 8.38. The Labute approximate surface area is 267 Å². The molecule has 10 heteroatoms. The van der Waals surface area contributed by atoms with Crippen molar-refractivity contribution in [3.8, 4) is 17.0 Å². The third-order valence-corrected chi connectivity index (χ3v) is 8.38. The van der Waals surface area contributed by atoms with Crippen molar-refractivity contribution >= 4 is 11.8 Å². The molecule has 2 saturated heterocycles. The molecule has 5 rings (SSSR count). The summed E-state index contributed by atoms with van der Waals surface area (Å²) in [5.41, 5.74) is 3.83. The number of carbonyl (C=O) groups is 1. The largest absolute Gasteiger partial charge is 1.00 e. The van der Waals surface area contributed by atoms with E-state index in [9.17, 15) is 19.4 Å². The molecule has 0 saturated carbocycles. The fraction of sp³-hybridized carbons (Fsp3) is 0.438. The fourth-order valence-corrected chi connectivity index (χ4v) is 5.91. The molecule has 0 amide bonds. The van der Waals surface area contributed by atoms with E-state index in [-0.39, 0.29) is 54.1 Å². The van der Waals surface area contributed by atoms with Gasteiger partial charge in [-0.05, 0) is 86.5 Å². The molecule has 1 N–H and O–H groups in total. The Morgan fingerprint density at radius 1 is 1.05 bits per heavy atom. The van der Waals surface area contributed by atoms with Crippen LogP contribution in [-0.2, 0) is 11.4 Å². The number of pyridine rings is 1. The predicted octanol–water partition coefficient (Wildman–Crippen LogP) is 1.06. The average molecular weight is 588 g/mol. The molecule has 3 aromatic rings. The molecule has 0 bridgehead atoms. The number of β-amino-alcohol motifs (C(OH)–C–C–N with tert-alkyl or cyclic N) is 1. The van der Waals surface area contributed by atoms with E-state index in [0.717, 1.165) is 43.1 Å². The molecule has 2 aliphatic heterocycles. The Bertz CT molecular complexity index is 1380. The maximum atomic E-state index is 15.1. The Kier molecular flexibility index (Phi) is 11.4. The number of piperidine rings is 2. The van der Waals surface area contributed by atoms with Gasteiger partial charge in [0.15, 0.2) is 11.6 Å². The molecule has 0 aliphatic carbocycles. The van der Waals surface area contributed by atoms with Crippen molar-refractivity contribution in [2.75, 3.05) is 44.2 Å². The third kappa shape index (κ3) is 7.68. The van der Waals surface area contributed by atoms with Crippen LogP contribution in [0.5, 0.6) is 5.75 Å². The number of rotatable bonds is 9. The second kappa shape index (κ2) is 14.8. The van der Waals surface area contributed by atoms with Gasteiger partial charge in [-0.25, -0.2) is 13.8 Å². The number of benzene rings is 2. The van der Waals surface area contributed by atoms with Crippen LogP contribution in [0.25, 0.3) is 11.3 Å². The number of carboxylic acid groups (broad SMARTS) is 1. The van der Waals surface area contributed by atoms with Gasteiger partial charge < -0.3 is 29.5 Å². The van der Waals surface area contributed by atoms with E-state index in [1.54, 1.807) is 18.2 Å². The fourth-order valence-electron chi connectivity index (χ4n) is 5.91. The summed E-state index contributed by atoms with van der Waals surface area (Å²) in [5, 5.41) is 20.4. The Morgan fingerprint density at radius 3 is 2.45 bits per heavy atom. The summed E-state index contributed by atoms with van der Waals surface area (Å²) < 4.78 is 35.5. The molecular formula is C32H36F2N3NaO4. The van der Waals surface area contributed by atoms with Gasteiger partial charge in [-0.2, -0.15) is 0 Å². The molecule has 2 aliphatic rings. The summed E-state index contributed by atoms with van der Waals surface area (Å²) in [6.45, 7) is 5.98. The van der Waals surface area contributed by atoms with Gasteiger partial charge in [0, 0.05) is 43.2 Å². The van der Waals surface area contributed by atoms with Crippen molar-refractivity contribution in [3.05, 3.63) is 76.9 Å². The smallest absolute Gasteiger partial charge is 0.550 e. The zero-order chi connectivity index (χ0) is 28.9. The predicted molar refractivity (Wildman–Crippen MR) is 151 cm³/mol. The number of carbonyl (C=O) groups excluding carboxylic acids is 1. The number of carboxylic acids is 1. The summed E-state index contributed by atoms with van der Waals surface area (Å²) in [7, 11) is 0. The minimum Gasteiger partial charge on any atom is -0.550 e. The van der Waals surface area contributed by atoms with Crippen LogP contribution >= 0.6 is 0 Å². The minimum atomic E-state index is -1.03. The number of nitrogens with zero attached hydrogens (tertiary/aromatic N) is 3.